The molecule has 1 aromatic carbocycles. The molecule has 0 spiro atoms. The number of ether oxygens (including phenoxy) is 1. The van der Waals surface area contributed by atoms with E-state index in [9.17, 15) is 9.59 Å². The number of aryl methyl sites for hydroxylation is 1. The fourth-order valence-corrected chi connectivity index (χ4v) is 4.88. The van der Waals surface area contributed by atoms with Gasteiger partial charge in [0.25, 0.3) is 5.91 Å². The summed E-state index contributed by atoms with van der Waals surface area (Å²) in [6, 6.07) is 15.1. The van der Waals surface area contributed by atoms with Gasteiger partial charge in [0.2, 0.25) is 5.88 Å². The topological polar surface area (TPSA) is 90.9 Å². The van der Waals surface area contributed by atoms with Gasteiger partial charge in [0.15, 0.2) is 0 Å². The third-order valence-electron chi connectivity index (χ3n) is 7.44. The Kier molecular flexibility index (Phi) is 8.36. The SMILES string of the molecule is Cc1ccc(N2CCN(C(=O)Oc3ccc(NC(=O)c4ccc(CN5CCC(C)CC5)cc4)cn3)CC2)nc1. The zero-order valence-corrected chi connectivity index (χ0v) is 22.7. The molecule has 9 nitrogen and oxygen atoms in total. The Morgan fingerprint density at radius 2 is 1.64 bits per heavy atom. The van der Waals surface area contributed by atoms with Crippen LogP contribution in [0.1, 0.15) is 41.3 Å². The number of nitrogens with zero attached hydrogens (tertiary/aromatic N) is 5. The number of piperidine rings is 1. The molecule has 2 saturated heterocycles. The predicted molar refractivity (Wildman–Crippen MR) is 151 cm³/mol. The van der Waals surface area contributed by atoms with Crippen molar-refractivity contribution in [2.75, 3.05) is 49.5 Å². The molecule has 0 bridgehead atoms. The van der Waals surface area contributed by atoms with E-state index in [1.54, 1.807) is 17.0 Å². The van der Waals surface area contributed by atoms with Gasteiger partial charge in [-0.2, -0.15) is 0 Å². The molecule has 2 fully saturated rings. The highest BCUT2D eigenvalue weighted by molar-refractivity contribution is 6.04. The van der Waals surface area contributed by atoms with Gasteiger partial charge < -0.3 is 19.9 Å². The molecule has 204 valence electrons. The van der Waals surface area contributed by atoms with E-state index in [1.165, 1.54) is 24.6 Å². The first-order valence-corrected chi connectivity index (χ1v) is 13.7. The van der Waals surface area contributed by atoms with Crippen LogP contribution in [0.3, 0.4) is 0 Å². The van der Waals surface area contributed by atoms with Gasteiger partial charge in [-0.1, -0.05) is 25.1 Å². The Balaban J connectivity index is 1.07. The van der Waals surface area contributed by atoms with Crippen LogP contribution in [0, 0.1) is 12.8 Å². The zero-order valence-electron chi connectivity index (χ0n) is 22.7. The lowest BCUT2D eigenvalue weighted by Crippen LogP contribution is -2.49. The second-order valence-corrected chi connectivity index (χ2v) is 10.5. The van der Waals surface area contributed by atoms with Gasteiger partial charge in [-0.05, 0) is 74.2 Å². The predicted octanol–water partition coefficient (Wildman–Crippen LogP) is 4.59. The van der Waals surface area contributed by atoms with Gasteiger partial charge in [0.1, 0.15) is 5.82 Å². The monoisotopic (exact) mass is 528 g/mol. The molecule has 0 atom stereocenters. The summed E-state index contributed by atoms with van der Waals surface area (Å²) in [5.74, 6) is 1.71. The maximum absolute atomic E-state index is 12.7. The third kappa shape index (κ3) is 7.11. The van der Waals surface area contributed by atoms with Crippen LogP contribution in [-0.2, 0) is 6.54 Å². The molecular weight excluding hydrogens is 492 g/mol. The first-order valence-electron chi connectivity index (χ1n) is 13.7. The summed E-state index contributed by atoms with van der Waals surface area (Å²) in [4.78, 5) is 40.3. The van der Waals surface area contributed by atoms with E-state index < -0.39 is 6.09 Å². The van der Waals surface area contributed by atoms with E-state index in [-0.39, 0.29) is 11.8 Å². The molecule has 1 N–H and O–H groups in total. The van der Waals surface area contributed by atoms with E-state index in [0.29, 0.717) is 37.4 Å². The highest BCUT2D eigenvalue weighted by Gasteiger charge is 2.23. The van der Waals surface area contributed by atoms with Crippen LogP contribution in [0.2, 0.25) is 0 Å². The largest absolute Gasteiger partial charge is 0.416 e. The summed E-state index contributed by atoms with van der Waals surface area (Å²) in [6.07, 6.45) is 5.40. The number of piperazine rings is 1. The van der Waals surface area contributed by atoms with E-state index in [1.807, 2.05) is 49.5 Å². The van der Waals surface area contributed by atoms with Crippen molar-refractivity contribution in [3.63, 3.8) is 0 Å². The molecule has 0 saturated carbocycles. The summed E-state index contributed by atoms with van der Waals surface area (Å²) < 4.78 is 5.46. The standard InChI is InChI=1S/C30H36N6O3/c1-22-11-13-34(14-12-22)21-24-4-6-25(7-5-24)29(37)33-26-8-10-28(32-20-26)39-30(38)36-17-15-35(16-18-36)27-9-3-23(2)19-31-27/h3-10,19-20,22H,11-18,21H2,1-2H3,(H,33,37). The molecule has 0 unspecified atom stereocenters. The van der Waals surface area contributed by atoms with Crippen LogP contribution in [0.15, 0.2) is 60.9 Å². The van der Waals surface area contributed by atoms with Gasteiger partial charge in [0, 0.05) is 50.6 Å². The van der Waals surface area contributed by atoms with Crippen molar-refractivity contribution < 1.29 is 14.3 Å². The summed E-state index contributed by atoms with van der Waals surface area (Å²) in [7, 11) is 0. The van der Waals surface area contributed by atoms with Crippen molar-refractivity contribution in [2.45, 2.75) is 33.2 Å². The van der Waals surface area contributed by atoms with Crippen molar-refractivity contribution >= 4 is 23.5 Å². The number of carbonyl (C=O) groups is 2. The molecule has 3 aromatic rings. The van der Waals surface area contributed by atoms with Crippen LogP contribution in [0.5, 0.6) is 5.88 Å². The average molecular weight is 529 g/mol. The molecular formula is C30H36N6O3. The number of aromatic nitrogens is 2. The van der Waals surface area contributed by atoms with Crippen LogP contribution in [0.4, 0.5) is 16.3 Å². The summed E-state index contributed by atoms with van der Waals surface area (Å²) in [5.41, 5.74) is 3.44. The van der Waals surface area contributed by atoms with Gasteiger partial charge in [0.05, 0.1) is 11.9 Å². The fraction of sp³-hybridized carbons (Fsp3) is 0.400. The molecule has 0 aliphatic carbocycles. The summed E-state index contributed by atoms with van der Waals surface area (Å²) in [5, 5.41) is 2.86. The smallest absolute Gasteiger partial charge is 0.391 e. The summed E-state index contributed by atoms with van der Waals surface area (Å²) in [6.45, 7) is 9.94. The lowest BCUT2D eigenvalue weighted by molar-refractivity contribution is 0.102. The first-order chi connectivity index (χ1) is 18.9. The number of rotatable bonds is 6. The quantitative estimate of drug-likeness (QED) is 0.500. The highest BCUT2D eigenvalue weighted by Crippen LogP contribution is 2.20. The molecule has 2 amide bonds. The Morgan fingerprint density at radius 1 is 0.897 bits per heavy atom. The second kappa shape index (κ2) is 12.3. The number of nitrogens with one attached hydrogen (secondary N) is 1. The Morgan fingerprint density at radius 3 is 2.28 bits per heavy atom. The maximum atomic E-state index is 12.7. The Hall–Kier alpha value is -3.98. The molecule has 9 heteroatoms. The average Bonchev–Trinajstić information content (AvgIpc) is 2.96. The van der Waals surface area contributed by atoms with Gasteiger partial charge in [-0.25, -0.2) is 14.8 Å². The normalized spacial score (nSPS) is 16.7. The maximum Gasteiger partial charge on any atom is 0.416 e. The number of carbonyl (C=O) groups excluding carboxylic acids is 2. The molecule has 0 radical (unpaired) electrons. The van der Waals surface area contributed by atoms with Crippen molar-refractivity contribution in [1.82, 2.24) is 19.8 Å². The number of anilines is 2. The van der Waals surface area contributed by atoms with Crippen molar-refractivity contribution in [3.8, 4) is 5.88 Å². The number of hydrogen-bond donors (Lipinski definition) is 1. The zero-order chi connectivity index (χ0) is 27.2. The highest BCUT2D eigenvalue weighted by atomic mass is 16.6. The number of likely N-dealkylation sites (tertiary alicyclic amines) is 1. The van der Waals surface area contributed by atoms with E-state index >= 15 is 0 Å². The lowest BCUT2D eigenvalue weighted by atomic mass is 9.99. The third-order valence-corrected chi connectivity index (χ3v) is 7.44. The molecule has 2 aromatic heterocycles. The van der Waals surface area contributed by atoms with Gasteiger partial charge in [-0.3, -0.25) is 9.69 Å². The van der Waals surface area contributed by atoms with E-state index in [0.717, 1.165) is 36.9 Å². The number of amides is 2. The second-order valence-electron chi connectivity index (χ2n) is 10.5. The Bertz CT molecular complexity index is 1250. The lowest BCUT2D eigenvalue weighted by Gasteiger charge is -2.34. The van der Waals surface area contributed by atoms with Crippen molar-refractivity contribution in [1.29, 1.82) is 0 Å². The fourth-order valence-electron chi connectivity index (χ4n) is 4.88. The minimum absolute atomic E-state index is 0.192. The van der Waals surface area contributed by atoms with Crippen molar-refractivity contribution in [3.05, 3.63) is 77.6 Å². The van der Waals surface area contributed by atoms with Crippen LogP contribution < -0.4 is 15.0 Å². The van der Waals surface area contributed by atoms with E-state index in [2.05, 4.69) is 32.0 Å². The number of pyridine rings is 2. The van der Waals surface area contributed by atoms with Crippen LogP contribution >= 0.6 is 0 Å². The summed E-state index contributed by atoms with van der Waals surface area (Å²) >= 11 is 0. The first kappa shape index (κ1) is 26.6. The minimum Gasteiger partial charge on any atom is -0.391 e. The molecule has 39 heavy (non-hydrogen) atoms. The molecule has 4 heterocycles. The Labute approximate surface area is 229 Å². The minimum atomic E-state index is -0.435. The number of benzene rings is 1. The molecule has 2 aliphatic heterocycles. The van der Waals surface area contributed by atoms with Crippen molar-refractivity contribution in [2.24, 2.45) is 5.92 Å². The number of hydrogen-bond acceptors (Lipinski definition) is 7. The van der Waals surface area contributed by atoms with Gasteiger partial charge in [-0.15, -0.1) is 0 Å². The van der Waals surface area contributed by atoms with Gasteiger partial charge >= 0.3 is 6.09 Å². The van der Waals surface area contributed by atoms with Crippen LogP contribution in [-0.4, -0.2) is 71.0 Å². The van der Waals surface area contributed by atoms with Crippen LogP contribution in [0.25, 0.3) is 0 Å². The molecule has 2 aliphatic rings. The molecule has 5 rings (SSSR count). The van der Waals surface area contributed by atoms with E-state index in [4.69, 9.17) is 4.74 Å².